The van der Waals surface area contributed by atoms with Gasteiger partial charge in [-0.1, -0.05) is 44.2 Å². The van der Waals surface area contributed by atoms with Crippen molar-refractivity contribution in [3.63, 3.8) is 0 Å². The molecule has 1 N–H and O–H groups in total. The van der Waals surface area contributed by atoms with Crippen LogP contribution in [0.4, 0.5) is 0 Å². The molecule has 4 heteroatoms. The number of H-pyrrole nitrogens is 1. The smallest absolute Gasteiger partial charge is 0.195 e. The van der Waals surface area contributed by atoms with Gasteiger partial charge in [-0.05, 0) is 44.5 Å². The second-order valence-electron chi connectivity index (χ2n) is 6.18. The van der Waals surface area contributed by atoms with Crippen LogP contribution in [-0.4, -0.2) is 14.8 Å². The first-order valence-corrected chi connectivity index (χ1v) is 7.54. The Hall–Kier alpha value is -1.42. The fraction of sp³-hybridized carbons (Fsp3) is 0.500. The van der Waals surface area contributed by atoms with Crippen molar-refractivity contribution < 1.29 is 0 Å². The number of aromatic amines is 1. The molecule has 20 heavy (non-hydrogen) atoms. The van der Waals surface area contributed by atoms with E-state index in [0.29, 0.717) is 10.7 Å². The lowest BCUT2D eigenvalue weighted by atomic mass is 9.94. The lowest BCUT2D eigenvalue weighted by Gasteiger charge is -2.29. The van der Waals surface area contributed by atoms with Gasteiger partial charge in [0.05, 0.1) is 0 Å². The van der Waals surface area contributed by atoms with Gasteiger partial charge in [-0.15, -0.1) is 0 Å². The van der Waals surface area contributed by atoms with Crippen molar-refractivity contribution in [2.45, 2.75) is 52.0 Å². The molecule has 0 radical (unpaired) electrons. The molecule has 0 bridgehead atoms. The number of aryl methyl sites for hydroxylation is 1. The molecule has 0 aliphatic heterocycles. The number of aromatic nitrogens is 3. The standard InChI is InChI=1S/C16H23N3S/c1-12(2)14-17-18-15(20)19(14)16(3,4)11-10-13-8-6-5-7-9-13/h5-9,12H,10-11H2,1-4H3,(H,18,20). The van der Waals surface area contributed by atoms with Gasteiger partial charge in [-0.2, -0.15) is 5.10 Å². The molecule has 108 valence electrons. The predicted octanol–water partition coefficient (Wildman–Crippen LogP) is 4.43. The third kappa shape index (κ3) is 3.18. The number of rotatable bonds is 5. The van der Waals surface area contributed by atoms with E-state index >= 15 is 0 Å². The molecule has 0 atom stereocenters. The first kappa shape index (κ1) is 15.0. The quantitative estimate of drug-likeness (QED) is 0.826. The lowest BCUT2D eigenvalue weighted by Crippen LogP contribution is -2.29. The summed E-state index contributed by atoms with van der Waals surface area (Å²) in [7, 11) is 0. The molecule has 0 saturated heterocycles. The van der Waals surface area contributed by atoms with Gasteiger partial charge in [0.2, 0.25) is 0 Å². The van der Waals surface area contributed by atoms with E-state index in [1.807, 2.05) is 0 Å². The maximum absolute atomic E-state index is 5.42. The average molecular weight is 289 g/mol. The number of hydrogen-bond acceptors (Lipinski definition) is 2. The Balaban J connectivity index is 2.22. The first-order chi connectivity index (χ1) is 9.42. The largest absolute Gasteiger partial charge is 0.298 e. The van der Waals surface area contributed by atoms with E-state index in [9.17, 15) is 0 Å². The van der Waals surface area contributed by atoms with Crippen LogP contribution in [0.15, 0.2) is 30.3 Å². The Kier molecular flexibility index (Phi) is 4.43. The molecular formula is C16H23N3S. The van der Waals surface area contributed by atoms with Crippen LogP contribution in [0.3, 0.4) is 0 Å². The fourth-order valence-electron chi connectivity index (χ4n) is 2.49. The minimum Gasteiger partial charge on any atom is -0.298 e. The summed E-state index contributed by atoms with van der Waals surface area (Å²) in [6.45, 7) is 8.75. The molecule has 3 nitrogen and oxygen atoms in total. The second kappa shape index (κ2) is 5.92. The summed E-state index contributed by atoms with van der Waals surface area (Å²) < 4.78 is 2.89. The van der Waals surface area contributed by atoms with Crippen molar-refractivity contribution in [1.29, 1.82) is 0 Å². The van der Waals surface area contributed by atoms with E-state index in [1.165, 1.54) is 5.56 Å². The van der Waals surface area contributed by atoms with Crippen LogP contribution in [-0.2, 0) is 12.0 Å². The summed E-state index contributed by atoms with van der Waals surface area (Å²) in [5.74, 6) is 1.40. The molecule has 0 unspecified atom stereocenters. The highest BCUT2D eigenvalue weighted by Gasteiger charge is 2.25. The normalized spacial score (nSPS) is 12.1. The molecule has 1 heterocycles. The predicted molar refractivity (Wildman–Crippen MR) is 85.6 cm³/mol. The summed E-state index contributed by atoms with van der Waals surface area (Å²) in [4.78, 5) is 0. The van der Waals surface area contributed by atoms with Gasteiger partial charge < -0.3 is 0 Å². The van der Waals surface area contributed by atoms with E-state index in [-0.39, 0.29) is 5.54 Å². The van der Waals surface area contributed by atoms with E-state index in [0.717, 1.165) is 18.7 Å². The van der Waals surface area contributed by atoms with Gasteiger partial charge in [0, 0.05) is 11.5 Å². The Bertz CT molecular complexity index is 608. The van der Waals surface area contributed by atoms with Crippen LogP contribution < -0.4 is 0 Å². The number of hydrogen-bond donors (Lipinski definition) is 1. The SMILES string of the molecule is CC(C)c1n[nH]c(=S)n1C(C)(C)CCc1ccccc1. The fourth-order valence-corrected chi connectivity index (χ4v) is 2.87. The Morgan fingerprint density at radius 2 is 1.90 bits per heavy atom. The molecule has 0 spiro atoms. The zero-order valence-corrected chi connectivity index (χ0v) is 13.5. The van der Waals surface area contributed by atoms with Crippen LogP contribution in [0.1, 0.15) is 51.4 Å². The summed E-state index contributed by atoms with van der Waals surface area (Å²) in [6.07, 6.45) is 2.07. The zero-order valence-electron chi connectivity index (χ0n) is 12.7. The average Bonchev–Trinajstić information content (AvgIpc) is 2.81. The lowest BCUT2D eigenvalue weighted by molar-refractivity contribution is 0.310. The molecule has 0 amide bonds. The topological polar surface area (TPSA) is 33.6 Å². The highest BCUT2D eigenvalue weighted by atomic mass is 32.1. The van der Waals surface area contributed by atoms with Gasteiger partial charge in [-0.3, -0.25) is 9.67 Å². The van der Waals surface area contributed by atoms with Crippen molar-refractivity contribution in [3.05, 3.63) is 46.5 Å². The maximum atomic E-state index is 5.42. The van der Waals surface area contributed by atoms with E-state index in [1.54, 1.807) is 0 Å². The Morgan fingerprint density at radius 3 is 2.50 bits per heavy atom. The monoisotopic (exact) mass is 289 g/mol. The van der Waals surface area contributed by atoms with Crippen LogP contribution in [0.5, 0.6) is 0 Å². The molecular weight excluding hydrogens is 266 g/mol. The van der Waals surface area contributed by atoms with Crippen molar-refractivity contribution in [3.8, 4) is 0 Å². The van der Waals surface area contributed by atoms with Gasteiger partial charge >= 0.3 is 0 Å². The van der Waals surface area contributed by atoms with Crippen molar-refractivity contribution in [2.75, 3.05) is 0 Å². The van der Waals surface area contributed by atoms with Crippen LogP contribution in [0.25, 0.3) is 0 Å². The summed E-state index contributed by atoms with van der Waals surface area (Å²) >= 11 is 5.42. The molecule has 1 aromatic carbocycles. The molecule has 0 aliphatic rings. The minimum absolute atomic E-state index is 0.0421. The number of benzene rings is 1. The number of nitrogens with one attached hydrogen (secondary N) is 1. The summed E-state index contributed by atoms with van der Waals surface area (Å²) in [5, 5.41) is 7.32. The molecule has 2 rings (SSSR count). The van der Waals surface area contributed by atoms with E-state index < -0.39 is 0 Å². The molecule has 0 saturated carbocycles. The highest BCUT2D eigenvalue weighted by Crippen LogP contribution is 2.26. The van der Waals surface area contributed by atoms with Crippen molar-refractivity contribution in [2.24, 2.45) is 0 Å². The van der Waals surface area contributed by atoms with Crippen molar-refractivity contribution >= 4 is 12.2 Å². The van der Waals surface area contributed by atoms with E-state index in [4.69, 9.17) is 12.2 Å². The molecule has 0 fully saturated rings. The highest BCUT2D eigenvalue weighted by molar-refractivity contribution is 7.71. The van der Waals surface area contributed by atoms with Crippen LogP contribution in [0.2, 0.25) is 0 Å². The third-order valence-corrected chi connectivity index (χ3v) is 3.96. The van der Waals surface area contributed by atoms with Crippen LogP contribution >= 0.6 is 12.2 Å². The van der Waals surface area contributed by atoms with Gasteiger partial charge in [-0.25, -0.2) is 0 Å². The van der Waals surface area contributed by atoms with Crippen LogP contribution in [0, 0.1) is 4.77 Å². The maximum Gasteiger partial charge on any atom is 0.195 e. The molecule has 1 aromatic heterocycles. The first-order valence-electron chi connectivity index (χ1n) is 7.13. The van der Waals surface area contributed by atoms with Gasteiger partial charge in [0.15, 0.2) is 4.77 Å². The third-order valence-electron chi connectivity index (χ3n) is 3.69. The second-order valence-corrected chi connectivity index (χ2v) is 6.56. The Morgan fingerprint density at radius 1 is 1.25 bits per heavy atom. The minimum atomic E-state index is -0.0421. The number of nitrogens with zero attached hydrogens (tertiary/aromatic N) is 2. The van der Waals surface area contributed by atoms with Gasteiger partial charge in [0.1, 0.15) is 5.82 Å². The zero-order chi connectivity index (χ0) is 14.8. The molecule has 2 aromatic rings. The van der Waals surface area contributed by atoms with E-state index in [2.05, 4.69) is 72.8 Å². The molecule has 0 aliphatic carbocycles. The van der Waals surface area contributed by atoms with Gasteiger partial charge in [0.25, 0.3) is 0 Å². The van der Waals surface area contributed by atoms with Crippen molar-refractivity contribution in [1.82, 2.24) is 14.8 Å². The Labute approximate surface area is 126 Å². The summed E-state index contributed by atoms with van der Waals surface area (Å²) in [6, 6.07) is 10.6. The summed E-state index contributed by atoms with van der Waals surface area (Å²) in [5.41, 5.74) is 1.32.